The van der Waals surface area contributed by atoms with Gasteiger partial charge in [0.1, 0.15) is 0 Å². The van der Waals surface area contributed by atoms with Crippen LogP contribution in [0, 0.1) is 10.1 Å². The Bertz CT molecular complexity index is 1330. The fourth-order valence-electron chi connectivity index (χ4n) is 2.84. The number of hydrogen-bond acceptors (Lipinski definition) is 8. The first-order valence-electron chi connectivity index (χ1n) is 8.52. The van der Waals surface area contributed by atoms with Gasteiger partial charge in [-0.1, -0.05) is 29.4 Å². The van der Waals surface area contributed by atoms with Crippen molar-refractivity contribution in [2.24, 2.45) is 0 Å². The van der Waals surface area contributed by atoms with Crippen molar-refractivity contribution in [3.05, 3.63) is 92.8 Å². The lowest BCUT2D eigenvalue weighted by Gasteiger charge is -2.06. The summed E-state index contributed by atoms with van der Waals surface area (Å²) in [5.41, 5.74) is -0.261. The zero-order valence-electron chi connectivity index (χ0n) is 15.1. The third-order valence-electron chi connectivity index (χ3n) is 4.27. The average Bonchev–Trinajstić information content (AvgIpc) is 3.44. The smallest absolute Gasteiger partial charge is 0.269 e. The highest BCUT2D eigenvalue weighted by atomic mass is 32.2. The van der Waals surface area contributed by atoms with E-state index in [2.05, 4.69) is 5.16 Å². The molecule has 0 saturated heterocycles. The normalized spacial score (nSPS) is 11.3. The number of rotatable bonds is 6. The van der Waals surface area contributed by atoms with Crippen LogP contribution >= 0.6 is 11.3 Å². The summed E-state index contributed by atoms with van der Waals surface area (Å²) in [5, 5.41) is 16.4. The summed E-state index contributed by atoms with van der Waals surface area (Å²) in [6.45, 7) is 0. The molecule has 0 aliphatic rings. The van der Waals surface area contributed by atoms with Gasteiger partial charge in [0.25, 0.3) is 5.69 Å². The van der Waals surface area contributed by atoms with Gasteiger partial charge in [-0.2, -0.15) is 0 Å². The molecule has 0 saturated carbocycles. The number of nitro groups is 1. The van der Waals surface area contributed by atoms with Gasteiger partial charge in [0, 0.05) is 17.7 Å². The van der Waals surface area contributed by atoms with E-state index in [-0.39, 0.29) is 32.5 Å². The largest absolute Gasteiger partial charge is 0.354 e. The van der Waals surface area contributed by atoms with E-state index in [4.69, 9.17) is 4.52 Å². The number of ketones is 1. The number of benzene rings is 2. The Morgan fingerprint density at radius 3 is 2.30 bits per heavy atom. The number of sulfone groups is 1. The highest BCUT2D eigenvalue weighted by Gasteiger charge is 2.34. The molecule has 10 heteroatoms. The Hall–Kier alpha value is -3.63. The molecule has 2 aromatic heterocycles. The predicted octanol–water partition coefficient (Wildman–Crippen LogP) is 4.38. The molecule has 4 rings (SSSR count). The summed E-state index contributed by atoms with van der Waals surface area (Å²) >= 11 is 1.15. The van der Waals surface area contributed by atoms with Crippen molar-refractivity contribution < 1.29 is 22.7 Å². The van der Waals surface area contributed by atoms with Crippen LogP contribution in [0.2, 0.25) is 0 Å². The molecule has 0 aliphatic carbocycles. The van der Waals surface area contributed by atoms with Crippen LogP contribution in [-0.4, -0.2) is 24.3 Å². The number of aromatic nitrogens is 1. The van der Waals surface area contributed by atoms with Gasteiger partial charge in [-0.05, 0) is 35.7 Å². The zero-order valence-corrected chi connectivity index (χ0v) is 16.7. The highest BCUT2D eigenvalue weighted by Crippen LogP contribution is 2.36. The Morgan fingerprint density at radius 2 is 1.70 bits per heavy atom. The van der Waals surface area contributed by atoms with Crippen molar-refractivity contribution in [2.75, 3.05) is 0 Å². The Balaban J connectivity index is 1.94. The van der Waals surface area contributed by atoms with Crippen molar-refractivity contribution in [3.8, 4) is 11.3 Å². The SMILES string of the molecule is O=C(c1cccs1)c1noc(-c2ccc([N+](=O)[O-])cc2)c1S(=O)(=O)c1ccccc1. The van der Waals surface area contributed by atoms with Gasteiger partial charge in [0.2, 0.25) is 15.6 Å². The van der Waals surface area contributed by atoms with Crippen LogP contribution in [-0.2, 0) is 9.84 Å². The van der Waals surface area contributed by atoms with Crippen LogP contribution in [0.1, 0.15) is 15.4 Å². The topological polar surface area (TPSA) is 120 Å². The maximum absolute atomic E-state index is 13.4. The second-order valence-corrected chi connectivity index (χ2v) is 8.95. The van der Waals surface area contributed by atoms with Crippen LogP contribution in [0.15, 0.2) is 86.4 Å². The number of non-ortho nitro benzene ring substituents is 1. The number of nitro benzene ring substituents is 1. The standard InChI is InChI=1S/C20H12N2O6S2/c23-18(16-7-4-12-29-16)17-20(30(26,27)15-5-2-1-3-6-15)19(28-21-17)13-8-10-14(11-9-13)22(24)25/h1-12H. The van der Waals surface area contributed by atoms with E-state index in [1.54, 1.807) is 35.7 Å². The van der Waals surface area contributed by atoms with Gasteiger partial charge < -0.3 is 4.52 Å². The molecule has 0 amide bonds. The first-order chi connectivity index (χ1) is 14.4. The lowest BCUT2D eigenvalue weighted by atomic mass is 10.1. The molecule has 30 heavy (non-hydrogen) atoms. The van der Waals surface area contributed by atoms with Crippen LogP contribution in [0.3, 0.4) is 0 Å². The predicted molar refractivity (Wildman–Crippen MR) is 108 cm³/mol. The molecule has 2 heterocycles. The molecule has 4 aromatic rings. The molecule has 0 aliphatic heterocycles. The molecule has 0 atom stereocenters. The molecule has 2 aromatic carbocycles. The van der Waals surface area contributed by atoms with Crippen molar-refractivity contribution in [1.29, 1.82) is 0 Å². The molecule has 0 N–H and O–H groups in total. The quantitative estimate of drug-likeness (QED) is 0.248. The van der Waals surface area contributed by atoms with Crippen LogP contribution in [0.4, 0.5) is 5.69 Å². The second kappa shape index (κ2) is 7.65. The maximum atomic E-state index is 13.4. The maximum Gasteiger partial charge on any atom is 0.269 e. The van der Waals surface area contributed by atoms with Gasteiger partial charge in [-0.25, -0.2) is 8.42 Å². The van der Waals surface area contributed by atoms with Gasteiger partial charge in [0.15, 0.2) is 16.3 Å². The van der Waals surface area contributed by atoms with E-state index in [1.165, 1.54) is 36.4 Å². The van der Waals surface area contributed by atoms with Gasteiger partial charge >= 0.3 is 0 Å². The summed E-state index contributed by atoms with van der Waals surface area (Å²) in [6.07, 6.45) is 0. The first-order valence-corrected chi connectivity index (χ1v) is 10.9. The van der Waals surface area contributed by atoms with Crippen LogP contribution in [0.5, 0.6) is 0 Å². The first kappa shape index (κ1) is 19.7. The van der Waals surface area contributed by atoms with E-state index < -0.39 is 20.5 Å². The van der Waals surface area contributed by atoms with Gasteiger partial charge in [-0.3, -0.25) is 14.9 Å². The third-order valence-corrected chi connectivity index (χ3v) is 6.95. The van der Waals surface area contributed by atoms with E-state index in [1.807, 2.05) is 0 Å². The summed E-state index contributed by atoms with van der Waals surface area (Å²) in [6, 6.07) is 16.0. The third kappa shape index (κ3) is 3.42. The molecule has 0 spiro atoms. The van der Waals surface area contributed by atoms with Crippen molar-refractivity contribution >= 4 is 32.6 Å². The van der Waals surface area contributed by atoms with E-state index in [0.29, 0.717) is 4.88 Å². The summed E-state index contributed by atoms with van der Waals surface area (Å²) < 4.78 is 32.1. The molecule has 0 unspecified atom stereocenters. The number of nitrogens with zero attached hydrogens (tertiary/aromatic N) is 2. The number of carbonyl (C=O) groups is 1. The minimum atomic E-state index is -4.17. The Kier molecular flexibility index (Phi) is 5.02. The number of carbonyl (C=O) groups excluding carboxylic acids is 1. The lowest BCUT2D eigenvalue weighted by molar-refractivity contribution is -0.384. The minimum absolute atomic E-state index is 0.0309. The van der Waals surface area contributed by atoms with Crippen LogP contribution in [0.25, 0.3) is 11.3 Å². The van der Waals surface area contributed by atoms with Crippen molar-refractivity contribution in [2.45, 2.75) is 9.79 Å². The van der Waals surface area contributed by atoms with Crippen molar-refractivity contribution in [1.82, 2.24) is 5.16 Å². The zero-order chi connectivity index (χ0) is 21.3. The molecule has 0 bridgehead atoms. The van der Waals surface area contributed by atoms with Crippen molar-refractivity contribution in [3.63, 3.8) is 0 Å². The van der Waals surface area contributed by atoms with E-state index >= 15 is 0 Å². The lowest BCUT2D eigenvalue weighted by Crippen LogP contribution is -2.10. The molecule has 0 radical (unpaired) electrons. The highest BCUT2D eigenvalue weighted by molar-refractivity contribution is 7.91. The molecule has 8 nitrogen and oxygen atoms in total. The van der Waals surface area contributed by atoms with E-state index in [0.717, 1.165) is 11.3 Å². The summed E-state index contributed by atoms with van der Waals surface area (Å²) in [4.78, 5) is 23.2. The molecular formula is C20H12N2O6S2. The Labute approximate surface area is 174 Å². The fourth-order valence-corrected chi connectivity index (χ4v) is 5.04. The molecule has 0 fully saturated rings. The molecule has 150 valence electrons. The monoisotopic (exact) mass is 440 g/mol. The number of hydrogen-bond donors (Lipinski definition) is 0. The minimum Gasteiger partial charge on any atom is -0.354 e. The van der Waals surface area contributed by atoms with Gasteiger partial charge in [-0.15, -0.1) is 11.3 Å². The van der Waals surface area contributed by atoms with E-state index in [9.17, 15) is 23.3 Å². The molecular weight excluding hydrogens is 428 g/mol. The summed E-state index contributed by atoms with van der Waals surface area (Å²) in [5.74, 6) is -0.745. The number of thiophene rings is 1. The summed E-state index contributed by atoms with van der Waals surface area (Å²) in [7, 11) is -4.17. The van der Waals surface area contributed by atoms with Crippen LogP contribution < -0.4 is 0 Å². The second-order valence-electron chi connectivity index (χ2n) is 6.12. The van der Waals surface area contributed by atoms with Gasteiger partial charge in [0.05, 0.1) is 14.7 Å². The average molecular weight is 440 g/mol. The fraction of sp³-hybridized carbons (Fsp3) is 0. The Morgan fingerprint density at radius 1 is 1.00 bits per heavy atom.